The summed E-state index contributed by atoms with van der Waals surface area (Å²) >= 11 is 1.23. The zero-order valence-electron chi connectivity index (χ0n) is 21.4. The number of nitrogens with zero attached hydrogens (tertiary/aromatic N) is 3. The number of urea groups is 1. The van der Waals surface area contributed by atoms with Crippen LogP contribution in [0.1, 0.15) is 35.4 Å². The third-order valence-corrected chi connectivity index (χ3v) is 8.02. The average Bonchev–Trinajstić information content (AvgIpc) is 3.34. The van der Waals surface area contributed by atoms with Gasteiger partial charge in [0.25, 0.3) is 5.91 Å². The van der Waals surface area contributed by atoms with Gasteiger partial charge in [0.05, 0.1) is 23.0 Å². The number of anilines is 3. The molecule has 4 heterocycles. The summed E-state index contributed by atoms with van der Waals surface area (Å²) in [4.78, 5) is 49.9. The summed E-state index contributed by atoms with van der Waals surface area (Å²) < 4.78 is 5.83. The van der Waals surface area contributed by atoms with Crippen molar-refractivity contribution in [3.05, 3.63) is 78.5 Å². The van der Waals surface area contributed by atoms with Crippen LogP contribution >= 0.6 is 11.3 Å². The average molecular weight is 555 g/mol. The van der Waals surface area contributed by atoms with Crippen LogP contribution in [-0.2, 0) is 4.79 Å². The van der Waals surface area contributed by atoms with E-state index in [9.17, 15) is 14.4 Å². The maximum Gasteiger partial charge on any atom is 0.332 e. The van der Waals surface area contributed by atoms with Gasteiger partial charge in [0.2, 0.25) is 5.91 Å². The first-order valence-corrected chi connectivity index (χ1v) is 13.8. The molecule has 10 nitrogen and oxygen atoms in total. The number of aromatic nitrogens is 2. The van der Waals surface area contributed by atoms with Crippen molar-refractivity contribution in [1.82, 2.24) is 20.6 Å². The summed E-state index contributed by atoms with van der Waals surface area (Å²) in [7, 11) is 0. The lowest BCUT2D eigenvalue weighted by Gasteiger charge is -2.30. The van der Waals surface area contributed by atoms with E-state index in [-0.39, 0.29) is 23.9 Å². The second kappa shape index (κ2) is 10.8. The number of amides is 4. The van der Waals surface area contributed by atoms with Gasteiger partial charge in [-0.05, 0) is 62.1 Å². The molecule has 0 saturated heterocycles. The smallest absolute Gasteiger partial charge is 0.332 e. The van der Waals surface area contributed by atoms with Crippen molar-refractivity contribution in [1.29, 1.82) is 0 Å². The minimum absolute atomic E-state index is 0.0242. The molecule has 4 aromatic rings. The number of nitrogens with one attached hydrogen (secondary N) is 3. The fourth-order valence-corrected chi connectivity index (χ4v) is 6.15. The summed E-state index contributed by atoms with van der Waals surface area (Å²) in [6.07, 6.45) is 7.61. The molecule has 1 aliphatic heterocycles. The fourth-order valence-electron chi connectivity index (χ4n) is 5.12. The zero-order valence-corrected chi connectivity index (χ0v) is 22.2. The first-order valence-electron chi connectivity index (χ1n) is 13.0. The van der Waals surface area contributed by atoms with Gasteiger partial charge in [-0.25, -0.2) is 19.7 Å². The van der Waals surface area contributed by atoms with Crippen LogP contribution in [0.25, 0.3) is 10.2 Å². The second-order valence-corrected chi connectivity index (χ2v) is 10.6. The number of thiophene rings is 1. The monoisotopic (exact) mass is 554 g/mol. The highest BCUT2D eigenvalue weighted by molar-refractivity contribution is 7.21. The Morgan fingerprint density at radius 1 is 1.05 bits per heavy atom. The van der Waals surface area contributed by atoms with Gasteiger partial charge in [-0.3, -0.25) is 9.59 Å². The van der Waals surface area contributed by atoms with Crippen molar-refractivity contribution in [2.24, 2.45) is 0 Å². The quantitative estimate of drug-likeness (QED) is 0.259. The fraction of sp³-hybridized carbons (Fsp3) is 0.207. The third-order valence-electron chi connectivity index (χ3n) is 6.92. The van der Waals surface area contributed by atoms with E-state index in [1.807, 2.05) is 30.3 Å². The normalized spacial score (nSPS) is 18.1. The molecular formula is C29H26N6O4S. The maximum atomic E-state index is 13.4. The highest BCUT2D eigenvalue weighted by Crippen LogP contribution is 2.45. The molecule has 1 aromatic carbocycles. The Bertz CT molecular complexity index is 1600. The Hall–Kier alpha value is -4.77. The molecule has 6 rings (SSSR count). The van der Waals surface area contributed by atoms with Gasteiger partial charge in [-0.1, -0.05) is 24.8 Å². The third kappa shape index (κ3) is 4.98. The molecule has 0 bridgehead atoms. The van der Waals surface area contributed by atoms with Gasteiger partial charge in [-0.2, -0.15) is 0 Å². The summed E-state index contributed by atoms with van der Waals surface area (Å²) in [5.41, 5.74) is 1.03. The molecular weight excluding hydrogens is 528 g/mol. The highest BCUT2D eigenvalue weighted by Gasteiger charge is 2.34. The van der Waals surface area contributed by atoms with E-state index in [1.54, 1.807) is 30.6 Å². The predicted molar refractivity (Wildman–Crippen MR) is 153 cm³/mol. The Kier molecular flexibility index (Phi) is 6.87. The van der Waals surface area contributed by atoms with Gasteiger partial charge in [0.15, 0.2) is 0 Å². The van der Waals surface area contributed by atoms with Crippen molar-refractivity contribution in [2.45, 2.75) is 37.8 Å². The molecule has 3 N–H and O–H groups in total. The molecule has 0 radical (unpaired) electrons. The van der Waals surface area contributed by atoms with E-state index in [1.165, 1.54) is 22.3 Å². The van der Waals surface area contributed by atoms with E-state index >= 15 is 0 Å². The number of ether oxygens (including phenoxy) is 1. The van der Waals surface area contributed by atoms with Crippen LogP contribution in [0, 0.1) is 0 Å². The van der Waals surface area contributed by atoms with E-state index < -0.39 is 6.03 Å². The highest BCUT2D eigenvalue weighted by atomic mass is 32.1. The SMILES string of the molecule is C=CC(=O)NC1CCC[C@@H](NC(=O)c2sc3nccc4c3c2NC(=O)N4c2ccc(Oc3ccccc3)cn2)C1. The number of hydrogen-bond acceptors (Lipinski definition) is 7. The number of para-hydroxylation sites is 1. The first-order chi connectivity index (χ1) is 19.5. The van der Waals surface area contributed by atoms with Crippen LogP contribution in [0.2, 0.25) is 0 Å². The van der Waals surface area contributed by atoms with Gasteiger partial charge < -0.3 is 20.7 Å². The van der Waals surface area contributed by atoms with E-state index in [0.29, 0.717) is 50.2 Å². The van der Waals surface area contributed by atoms with Crippen LogP contribution in [-0.4, -0.2) is 39.9 Å². The largest absolute Gasteiger partial charge is 0.456 e. The predicted octanol–water partition coefficient (Wildman–Crippen LogP) is 5.51. The van der Waals surface area contributed by atoms with E-state index in [0.717, 1.165) is 19.3 Å². The minimum Gasteiger partial charge on any atom is -0.456 e. The Morgan fingerprint density at radius 2 is 1.85 bits per heavy atom. The van der Waals surface area contributed by atoms with Crippen molar-refractivity contribution in [2.75, 3.05) is 10.2 Å². The van der Waals surface area contributed by atoms with Gasteiger partial charge in [0, 0.05) is 18.3 Å². The summed E-state index contributed by atoms with van der Waals surface area (Å²) in [5, 5.41) is 9.59. The molecule has 11 heteroatoms. The molecule has 40 heavy (non-hydrogen) atoms. The number of rotatable bonds is 7. The van der Waals surface area contributed by atoms with Crippen LogP contribution in [0.5, 0.6) is 11.5 Å². The van der Waals surface area contributed by atoms with Crippen LogP contribution in [0.3, 0.4) is 0 Å². The molecule has 1 fully saturated rings. The van der Waals surface area contributed by atoms with Gasteiger partial charge >= 0.3 is 6.03 Å². The zero-order chi connectivity index (χ0) is 27.6. The van der Waals surface area contributed by atoms with Crippen molar-refractivity contribution in [3.8, 4) is 11.5 Å². The molecule has 4 amide bonds. The Balaban J connectivity index is 1.24. The molecule has 2 atom stereocenters. The summed E-state index contributed by atoms with van der Waals surface area (Å²) in [5.74, 6) is 1.13. The van der Waals surface area contributed by atoms with E-state index in [2.05, 4.69) is 32.5 Å². The second-order valence-electron chi connectivity index (χ2n) is 9.60. The maximum absolute atomic E-state index is 13.4. The molecule has 0 spiro atoms. The van der Waals surface area contributed by atoms with E-state index in [4.69, 9.17) is 4.74 Å². The van der Waals surface area contributed by atoms with Crippen molar-refractivity contribution >= 4 is 56.6 Å². The standard InChI is InChI=1S/C29H26N6O4S/c1-2-23(36)32-17-7-6-8-18(15-17)33-27(37)26-25-24-21(13-14-30-28(24)40-26)35(29(38)34-25)22-12-11-20(16-31-22)39-19-9-4-3-5-10-19/h2-5,9-14,16-18H,1,6-8,15H2,(H,32,36)(H,33,37)(H,34,38)/t17?,18-/m1/s1. The molecule has 3 aromatic heterocycles. The summed E-state index contributed by atoms with van der Waals surface area (Å²) in [6.45, 7) is 3.50. The molecule has 1 unspecified atom stereocenters. The lowest BCUT2D eigenvalue weighted by Crippen LogP contribution is -2.45. The number of pyridine rings is 2. The minimum atomic E-state index is -0.429. The number of hydrogen-bond donors (Lipinski definition) is 3. The number of carbonyl (C=O) groups is 3. The lowest BCUT2D eigenvalue weighted by atomic mass is 9.91. The number of benzene rings is 1. The lowest BCUT2D eigenvalue weighted by molar-refractivity contribution is -0.117. The Labute approximate surface area is 234 Å². The topological polar surface area (TPSA) is 126 Å². The molecule has 2 aliphatic rings. The van der Waals surface area contributed by atoms with Crippen molar-refractivity contribution in [3.63, 3.8) is 0 Å². The molecule has 1 saturated carbocycles. The molecule has 1 aliphatic carbocycles. The van der Waals surface area contributed by atoms with Crippen LogP contribution in [0.15, 0.2) is 73.6 Å². The van der Waals surface area contributed by atoms with Gasteiger partial charge in [0.1, 0.15) is 27.0 Å². The first kappa shape index (κ1) is 25.5. The Morgan fingerprint density at radius 3 is 2.60 bits per heavy atom. The summed E-state index contributed by atoms with van der Waals surface area (Å²) in [6, 6.07) is 14.0. The van der Waals surface area contributed by atoms with Crippen molar-refractivity contribution < 1.29 is 19.1 Å². The van der Waals surface area contributed by atoms with Crippen LogP contribution < -0.4 is 25.6 Å². The van der Waals surface area contributed by atoms with Crippen LogP contribution in [0.4, 0.5) is 22.0 Å². The number of carbonyl (C=O) groups excluding carboxylic acids is 3. The molecule has 202 valence electrons. The van der Waals surface area contributed by atoms with Gasteiger partial charge in [-0.15, -0.1) is 11.3 Å².